The maximum atomic E-state index is 11.9. The molecule has 36 heavy (non-hydrogen) atoms. The Morgan fingerprint density at radius 3 is 1.94 bits per heavy atom. The minimum atomic E-state index is -4.56. The van der Waals surface area contributed by atoms with Gasteiger partial charge in [-0.05, 0) is 52.3 Å². The molecule has 0 saturated carbocycles. The van der Waals surface area contributed by atoms with Crippen molar-refractivity contribution in [3.63, 3.8) is 0 Å². The molecule has 0 aromatic heterocycles. The second-order valence-electron chi connectivity index (χ2n) is 9.88. The third-order valence-electron chi connectivity index (χ3n) is 7.13. The molecule has 0 amide bonds. The van der Waals surface area contributed by atoms with Gasteiger partial charge in [0, 0.05) is 11.3 Å². The fourth-order valence-corrected chi connectivity index (χ4v) is 5.64. The summed E-state index contributed by atoms with van der Waals surface area (Å²) in [7, 11) is -4.56. The Kier molecular flexibility index (Phi) is 7.34. The van der Waals surface area contributed by atoms with Crippen molar-refractivity contribution in [2.24, 2.45) is 0 Å². The molecule has 4 aromatic carbocycles. The highest BCUT2D eigenvalue weighted by Gasteiger charge is 2.31. The number of phenolic OH excluding ortho intramolecular Hbond substituents is 1. The Balaban J connectivity index is 1.84. The Morgan fingerprint density at radius 1 is 0.778 bits per heavy atom. The Morgan fingerprint density at radius 2 is 1.33 bits per heavy atom. The summed E-state index contributed by atoms with van der Waals surface area (Å²) >= 11 is 0. The van der Waals surface area contributed by atoms with Crippen molar-refractivity contribution in [2.75, 3.05) is 0 Å². The number of hydrogen-bond acceptors (Lipinski definition) is 3. The van der Waals surface area contributed by atoms with E-state index in [0.717, 1.165) is 17.5 Å². The summed E-state index contributed by atoms with van der Waals surface area (Å²) in [6.45, 7) is 6.32. The molecule has 4 nitrogen and oxygen atoms in total. The second kappa shape index (κ2) is 10.3. The van der Waals surface area contributed by atoms with Crippen molar-refractivity contribution in [1.29, 1.82) is 0 Å². The van der Waals surface area contributed by atoms with Crippen LogP contribution in [0.4, 0.5) is 0 Å². The highest BCUT2D eigenvalue weighted by Crippen LogP contribution is 2.43. The molecule has 0 bridgehead atoms. The molecule has 2 N–H and O–H groups in total. The lowest BCUT2D eigenvalue weighted by molar-refractivity contribution is 0.442. The molecule has 0 spiro atoms. The van der Waals surface area contributed by atoms with E-state index < -0.39 is 26.2 Å². The normalized spacial score (nSPS) is 13.8. The largest absolute Gasteiger partial charge is 0.506 e. The van der Waals surface area contributed by atoms with Gasteiger partial charge in [0.1, 0.15) is 10.6 Å². The van der Waals surface area contributed by atoms with E-state index in [4.69, 9.17) is 0 Å². The molecule has 0 aliphatic heterocycles. The molecule has 4 aromatic rings. The van der Waals surface area contributed by atoms with Gasteiger partial charge in [0.2, 0.25) is 0 Å². The zero-order chi connectivity index (χ0) is 25.9. The van der Waals surface area contributed by atoms with E-state index in [1.807, 2.05) is 38.1 Å². The van der Waals surface area contributed by atoms with E-state index >= 15 is 0 Å². The molecular formula is C31H32O4S. The average Bonchev–Trinajstić information content (AvgIpc) is 2.87. The van der Waals surface area contributed by atoms with Crippen molar-refractivity contribution in [3.05, 3.63) is 131 Å². The molecule has 186 valence electrons. The van der Waals surface area contributed by atoms with Crippen molar-refractivity contribution >= 4 is 10.1 Å². The van der Waals surface area contributed by atoms with Gasteiger partial charge in [0.05, 0.1) is 0 Å². The first-order valence-corrected chi connectivity index (χ1v) is 13.5. The molecule has 0 fully saturated rings. The molecule has 0 saturated heterocycles. The molecule has 0 radical (unpaired) electrons. The van der Waals surface area contributed by atoms with Crippen LogP contribution in [-0.2, 0) is 15.5 Å². The minimum absolute atomic E-state index is 0.107. The lowest BCUT2D eigenvalue weighted by Crippen LogP contribution is -2.23. The van der Waals surface area contributed by atoms with E-state index in [9.17, 15) is 18.1 Å². The first-order valence-electron chi connectivity index (χ1n) is 12.1. The highest BCUT2D eigenvalue weighted by molar-refractivity contribution is 7.86. The summed E-state index contributed by atoms with van der Waals surface area (Å²) in [6.07, 6.45) is 0.896. The van der Waals surface area contributed by atoms with Crippen LogP contribution in [-0.4, -0.2) is 18.1 Å². The number of phenols is 1. The lowest BCUT2D eigenvalue weighted by Gasteiger charge is -2.33. The van der Waals surface area contributed by atoms with E-state index in [1.165, 1.54) is 23.3 Å². The van der Waals surface area contributed by atoms with Gasteiger partial charge in [-0.2, -0.15) is 8.42 Å². The summed E-state index contributed by atoms with van der Waals surface area (Å²) < 4.78 is 33.4. The highest BCUT2D eigenvalue weighted by atomic mass is 32.2. The smallest absolute Gasteiger partial charge is 0.298 e. The third-order valence-corrected chi connectivity index (χ3v) is 8.01. The summed E-state index contributed by atoms with van der Waals surface area (Å²) in [6, 6.07) is 33.6. The Labute approximate surface area is 214 Å². The molecule has 0 aliphatic carbocycles. The SMILES string of the molecule is CC(CC(c1ccccc1)c1ccccc1C(C)(C)c1ccc(O)c(S(=O)(=O)O)c1)c1ccccc1. The first-order chi connectivity index (χ1) is 17.1. The van der Waals surface area contributed by atoms with Crippen LogP contribution in [0, 0.1) is 0 Å². The van der Waals surface area contributed by atoms with E-state index in [2.05, 4.69) is 67.6 Å². The lowest BCUT2D eigenvalue weighted by atomic mass is 9.71. The van der Waals surface area contributed by atoms with Gasteiger partial charge in [0.25, 0.3) is 10.1 Å². The van der Waals surface area contributed by atoms with Gasteiger partial charge in [-0.1, -0.05) is 112 Å². The molecule has 5 heteroatoms. The monoisotopic (exact) mass is 500 g/mol. The quantitative estimate of drug-likeness (QED) is 0.249. The second-order valence-corrected chi connectivity index (χ2v) is 11.3. The van der Waals surface area contributed by atoms with Crippen molar-refractivity contribution < 1.29 is 18.1 Å². The molecular weight excluding hydrogens is 468 g/mol. The summed E-state index contributed by atoms with van der Waals surface area (Å²) in [5, 5.41) is 10.1. The molecule has 2 unspecified atom stereocenters. The topological polar surface area (TPSA) is 74.6 Å². The zero-order valence-corrected chi connectivity index (χ0v) is 21.6. The van der Waals surface area contributed by atoms with E-state index in [1.54, 1.807) is 6.07 Å². The number of hydrogen-bond donors (Lipinski definition) is 2. The predicted octanol–water partition coefficient (Wildman–Crippen LogP) is 7.29. The minimum Gasteiger partial charge on any atom is -0.506 e. The van der Waals surface area contributed by atoms with Gasteiger partial charge in [-0.3, -0.25) is 4.55 Å². The summed E-state index contributed by atoms with van der Waals surface area (Å²) in [4.78, 5) is -0.483. The van der Waals surface area contributed by atoms with Crippen LogP contribution < -0.4 is 0 Å². The van der Waals surface area contributed by atoms with Crippen LogP contribution in [0.3, 0.4) is 0 Å². The maximum Gasteiger partial charge on any atom is 0.298 e. The summed E-state index contributed by atoms with van der Waals surface area (Å²) in [5.41, 5.74) is 4.80. The van der Waals surface area contributed by atoms with Crippen molar-refractivity contribution in [1.82, 2.24) is 0 Å². The average molecular weight is 501 g/mol. The maximum absolute atomic E-state index is 11.9. The number of rotatable bonds is 8. The fraction of sp³-hybridized carbons (Fsp3) is 0.226. The van der Waals surface area contributed by atoms with Crippen LogP contribution in [0.5, 0.6) is 5.75 Å². The van der Waals surface area contributed by atoms with Crippen LogP contribution >= 0.6 is 0 Å². The molecule has 2 atom stereocenters. The van der Waals surface area contributed by atoms with E-state index in [-0.39, 0.29) is 5.92 Å². The van der Waals surface area contributed by atoms with Crippen LogP contribution in [0.15, 0.2) is 108 Å². The van der Waals surface area contributed by atoms with Gasteiger partial charge >= 0.3 is 0 Å². The third kappa shape index (κ3) is 5.38. The van der Waals surface area contributed by atoms with Gasteiger partial charge in [-0.15, -0.1) is 0 Å². The first kappa shape index (κ1) is 25.7. The number of benzene rings is 4. The van der Waals surface area contributed by atoms with Gasteiger partial charge in [-0.25, -0.2) is 0 Å². The Bertz CT molecular complexity index is 1430. The Hall–Kier alpha value is -3.41. The van der Waals surface area contributed by atoms with Gasteiger partial charge < -0.3 is 5.11 Å². The summed E-state index contributed by atoms with van der Waals surface area (Å²) in [5.74, 6) is -0.0494. The van der Waals surface area contributed by atoms with Crippen LogP contribution in [0.25, 0.3) is 0 Å². The molecule has 0 heterocycles. The van der Waals surface area contributed by atoms with Crippen LogP contribution in [0.1, 0.15) is 66.8 Å². The van der Waals surface area contributed by atoms with E-state index in [0.29, 0.717) is 11.5 Å². The molecule has 0 aliphatic rings. The van der Waals surface area contributed by atoms with Crippen LogP contribution in [0.2, 0.25) is 0 Å². The number of aromatic hydroxyl groups is 1. The fourth-order valence-electron chi connectivity index (χ4n) is 5.03. The van der Waals surface area contributed by atoms with Crippen molar-refractivity contribution in [3.8, 4) is 5.75 Å². The standard InChI is InChI=1S/C31H32O4S/c1-22(23-12-6-4-7-13-23)20-27(24-14-8-5-9-15-24)26-16-10-11-17-28(26)31(2,3)25-18-19-29(32)30(21-25)36(33,34)35/h4-19,21-22,27,32H,20H2,1-3H3,(H,33,34,35). The zero-order valence-electron chi connectivity index (χ0n) is 20.8. The molecule has 4 rings (SSSR count). The predicted molar refractivity (Wildman–Crippen MR) is 144 cm³/mol. The van der Waals surface area contributed by atoms with Gasteiger partial charge in [0.15, 0.2) is 0 Å². The van der Waals surface area contributed by atoms with Crippen molar-refractivity contribution in [2.45, 2.75) is 49.3 Å².